The number of carbonyl (C=O) groups is 1. The molecule has 3 N–H and O–H groups in total. The zero-order chi connectivity index (χ0) is 26.3. The lowest BCUT2D eigenvalue weighted by Gasteiger charge is -2.35. The number of carbonyl (C=O) groups excluding carboxylic acids is 1. The van der Waals surface area contributed by atoms with E-state index in [0.717, 1.165) is 74.2 Å². The fourth-order valence-corrected chi connectivity index (χ4v) is 6.07. The van der Waals surface area contributed by atoms with Crippen LogP contribution in [0.5, 0.6) is 0 Å². The summed E-state index contributed by atoms with van der Waals surface area (Å²) in [6.07, 6.45) is 7.64. The third-order valence-electron chi connectivity index (χ3n) is 6.99. The highest BCUT2D eigenvalue weighted by molar-refractivity contribution is 7.92. The van der Waals surface area contributed by atoms with E-state index in [9.17, 15) is 13.2 Å². The van der Waals surface area contributed by atoms with Gasteiger partial charge in [0.2, 0.25) is 10.0 Å². The lowest BCUT2D eigenvalue weighted by Crippen LogP contribution is -2.43. The second kappa shape index (κ2) is 10.1. The van der Waals surface area contributed by atoms with Crippen molar-refractivity contribution in [1.82, 2.24) is 19.5 Å². The monoisotopic (exact) mass is 545 g/mol. The van der Waals surface area contributed by atoms with E-state index in [-0.39, 0.29) is 29.2 Å². The van der Waals surface area contributed by atoms with E-state index in [4.69, 9.17) is 27.4 Å². The molecule has 0 spiro atoms. The van der Waals surface area contributed by atoms with Gasteiger partial charge in [0.15, 0.2) is 5.65 Å². The number of aryl methyl sites for hydroxylation is 1. The van der Waals surface area contributed by atoms with Gasteiger partial charge in [0.25, 0.3) is 5.91 Å². The maximum Gasteiger partial charge on any atom is 0.256 e. The number of aromatic nitrogens is 3. The molecule has 2 aromatic heterocycles. The molecule has 0 saturated carbocycles. The molecule has 5 rings (SSSR count). The van der Waals surface area contributed by atoms with Crippen molar-refractivity contribution in [3.8, 4) is 0 Å². The number of nitrogens with one attached hydrogen (secondary N) is 1. The number of nitrogens with zero attached hydrogens (tertiary/aromatic N) is 5. The highest BCUT2D eigenvalue weighted by Gasteiger charge is 2.32. The van der Waals surface area contributed by atoms with Crippen molar-refractivity contribution in [1.29, 1.82) is 0 Å². The second-order valence-corrected chi connectivity index (χ2v) is 12.2. The molecule has 0 aliphatic carbocycles. The van der Waals surface area contributed by atoms with Crippen molar-refractivity contribution in [2.75, 3.05) is 35.5 Å². The van der Waals surface area contributed by atoms with Gasteiger partial charge in [-0.25, -0.2) is 17.9 Å². The summed E-state index contributed by atoms with van der Waals surface area (Å²) in [4.78, 5) is 22.7. The number of benzene rings is 1. The highest BCUT2D eigenvalue weighted by atomic mass is 35.5. The Kier molecular flexibility index (Phi) is 7.03. The van der Waals surface area contributed by atoms with Gasteiger partial charge in [-0.3, -0.25) is 9.52 Å². The Balaban J connectivity index is 1.48. The molecule has 198 valence electrons. The van der Waals surface area contributed by atoms with Crippen molar-refractivity contribution in [3.05, 3.63) is 52.3 Å². The maximum atomic E-state index is 13.8. The van der Waals surface area contributed by atoms with Crippen molar-refractivity contribution >= 4 is 44.7 Å². The predicted molar refractivity (Wildman–Crippen MR) is 145 cm³/mol. The predicted octanol–water partition coefficient (Wildman–Crippen LogP) is 3.36. The number of halogens is 1. The number of anilines is 2. The number of hydrogen-bond acceptors (Lipinski definition) is 7. The van der Waals surface area contributed by atoms with Gasteiger partial charge in [0.05, 0.1) is 29.2 Å². The van der Waals surface area contributed by atoms with E-state index in [1.54, 1.807) is 15.5 Å². The highest BCUT2D eigenvalue weighted by Crippen LogP contribution is 2.34. The van der Waals surface area contributed by atoms with Crippen molar-refractivity contribution in [2.45, 2.75) is 51.1 Å². The van der Waals surface area contributed by atoms with Crippen LogP contribution in [0.25, 0.3) is 5.65 Å². The Bertz CT molecular complexity index is 1440. The summed E-state index contributed by atoms with van der Waals surface area (Å²) in [7, 11) is -3.58. The van der Waals surface area contributed by atoms with E-state index in [2.05, 4.69) is 9.62 Å². The smallest absolute Gasteiger partial charge is 0.256 e. The van der Waals surface area contributed by atoms with Gasteiger partial charge in [-0.1, -0.05) is 11.6 Å². The second-order valence-electron chi connectivity index (χ2n) is 10.0. The summed E-state index contributed by atoms with van der Waals surface area (Å²) in [5.41, 5.74) is 9.11. The van der Waals surface area contributed by atoms with Crippen molar-refractivity contribution in [2.24, 2.45) is 5.73 Å². The summed E-state index contributed by atoms with van der Waals surface area (Å²) in [6.45, 7) is 4.26. The summed E-state index contributed by atoms with van der Waals surface area (Å²) in [5.74, 6) is 0.628. The van der Waals surface area contributed by atoms with Crippen molar-refractivity contribution in [3.63, 3.8) is 0 Å². The first kappa shape index (κ1) is 25.7. The number of hydrogen-bond donors (Lipinski definition) is 2. The summed E-state index contributed by atoms with van der Waals surface area (Å²) >= 11 is 6.20. The van der Waals surface area contributed by atoms with Gasteiger partial charge in [-0.15, -0.1) is 0 Å². The summed E-state index contributed by atoms with van der Waals surface area (Å²) < 4.78 is 28.0. The number of piperidine rings is 2. The van der Waals surface area contributed by atoms with Crippen LogP contribution in [-0.4, -0.2) is 65.8 Å². The molecule has 4 heterocycles. The van der Waals surface area contributed by atoms with Crippen LogP contribution in [0.4, 0.5) is 11.5 Å². The first-order chi connectivity index (χ1) is 17.6. The standard InChI is InChI=1S/C25H32ClN7O3S/c1-16-14-33-23(28-24(16)31-10-5-6-18(27)15-31)13-21(29-33)22-7-3-4-11-32(22)25(34)19-12-17(26)8-9-20(19)30-37(2,35)36/h8-9,12-14,18,22,30H,3-7,10-11,15,27H2,1-2H3/t18?,22-/m0/s1. The third kappa shape index (κ3) is 5.53. The molecular formula is C25H32ClN7O3S. The molecule has 2 saturated heterocycles. The number of sulfonamides is 1. The van der Waals surface area contributed by atoms with E-state index < -0.39 is 10.0 Å². The molecule has 2 atom stereocenters. The summed E-state index contributed by atoms with van der Waals surface area (Å²) in [5, 5.41) is 5.16. The fourth-order valence-electron chi connectivity index (χ4n) is 5.32. The van der Waals surface area contributed by atoms with Crippen LogP contribution >= 0.6 is 11.6 Å². The molecule has 2 aliphatic rings. The van der Waals surface area contributed by atoms with Gasteiger partial charge in [0, 0.05) is 48.5 Å². The summed E-state index contributed by atoms with van der Waals surface area (Å²) in [6, 6.07) is 6.40. The van der Waals surface area contributed by atoms with Crippen molar-refractivity contribution < 1.29 is 13.2 Å². The van der Waals surface area contributed by atoms with E-state index in [1.807, 2.05) is 19.2 Å². The van der Waals surface area contributed by atoms with Gasteiger partial charge in [-0.05, 0) is 57.2 Å². The number of nitrogens with two attached hydrogens (primary N) is 1. The minimum Gasteiger partial charge on any atom is -0.355 e. The average molecular weight is 546 g/mol. The molecule has 12 heteroatoms. The zero-order valence-corrected chi connectivity index (χ0v) is 22.6. The quantitative estimate of drug-likeness (QED) is 0.503. The number of fused-ring (bicyclic) bond motifs is 1. The molecule has 0 radical (unpaired) electrons. The fraction of sp³-hybridized carbons (Fsp3) is 0.480. The van der Waals surface area contributed by atoms with Gasteiger partial charge < -0.3 is 15.5 Å². The largest absolute Gasteiger partial charge is 0.355 e. The molecule has 1 aromatic carbocycles. The molecular weight excluding hydrogens is 514 g/mol. The van der Waals surface area contributed by atoms with Crippen LogP contribution in [-0.2, 0) is 10.0 Å². The minimum absolute atomic E-state index is 0.141. The van der Waals surface area contributed by atoms with Crippen LogP contribution in [0, 0.1) is 6.92 Å². The minimum atomic E-state index is -3.58. The molecule has 1 amide bonds. The van der Waals surface area contributed by atoms with E-state index in [1.165, 1.54) is 12.1 Å². The van der Waals surface area contributed by atoms with E-state index in [0.29, 0.717) is 11.6 Å². The van der Waals surface area contributed by atoms with Crippen LogP contribution < -0.4 is 15.4 Å². The first-order valence-corrected chi connectivity index (χ1v) is 14.8. The van der Waals surface area contributed by atoms with Crippen LogP contribution in [0.15, 0.2) is 30.5 Å². The Labute approximate surface area is 221 Å². The maximum absolute atomic E-state index is 13.8. The number of amides is 1. The molecule has 2 fully saturated rings. The zero-order valence-electron chi connectivity index (χ0n) is 21.0. The lowest BCUT2D eigenvalue weighted by molar-refractivity contribution is 0.0607. The SMILES string of the molecule is Cc1cn2nc([C@@H]3CCCCN3C(=O)c3cc(Cl)ccc3NS(C)(=O)=O)cc2nc1N1CCCC(N)C1. The molecule has 3 aromatic rings. The molecule has 2 aliphatic heterocycles. The Morgan fingerprint density at radius 2 is 1.97 bits per heavy atom. The third-order valence-corrected chi connectivity index (χ3v) is 7.82. The normalized spacial score (nSPS) is 20.9. The number of rotatable bonds is 5. The van der Waals surface area contributed by atoms with Crippen LogP contribution in [0.1, 0.15) is 59.8 Å². The number of likely N-dealkylation sites (tertiary alicyclic amines) is 1. The first-order valence-electron chi connectivity index (χ1n) is 12.5. The van der Waals surface area contributed by atoms with Gasteiger partial charge in [0.1, 0.15) is 5.82 Å². The van der Waals surface area contributed by atoms with E-state index >= 15 is 0 Å². The Morgan fingerprint density at radius 3 is 2.73 bits per heavy atom. The molecule has 10 nitrogen and oxygen atoms in total. The van der Waals surface area contributed by atoms with Crippen LogP contribution in [0.2, 0.25) is 5.02 Å². The Morgan fingerprint density at radius 1 is 1.16 bits per heavy atom. The molecule has 1 unspecified atom stereocenters. The molecule has 0 bridgehead atoms. The molecule has 37 heavy (non-hydrogen) atoms. The van der Waals surface area contributed by atoms with Crippen LogP contribution in [0.3, 0.4) is 0 Å². The topological polar surface area (TPSA) is 126 Å². The Hall–Kier alpha value is -2.89. The van der Waals surface area contributed by atoms with Gasteiger partial charge >= 0.3 is 0 Å². The van der Waals surface area contributed by atoms with Gasteiger partial charge in [-0.2, -0.15) is 5.10 Å². The average Bonchev–Trinajstić information content (AvgIpc) is 3.26. The lowest BCUT2D eigenvalue weighted by atomic mass is 9.98.